The van der Waals surface area contributed by atoms with Crippen LogP contribution in [0.15, 0.2) is 36.4 Å². The summed E-state index contributed by atoms with van der Waals surface area (Å²) in [5, 5.41) is 11.6. The number of benzene rings is 2. The fraction of sp³-hybridized carbons (Fsp3) is 0.0714. The fourth-order valence-corrected chi connectivity index (χ4v) is 2.36. The molecular formula is C14H11Cl2FN2O2. The molecule has 0 aliphatic rings. The van der Waals surface area contributed by atoms with Crippen molar-refractivity contribution in [3.05, 3.63) is 63.4 Å². The second-order valence-corrected chi connectivity index (χ2v) is 4.98. The standard InChI is InChI=1S/C14H11Cl2FN2O2/c15-11-6-1-8(7-18-21)13(16)12(11)14(20)19-10-4-2-9(17)3-5-10/h1-6,18,21H,7H2,(H,19,20). The lowest BCUT2D eigenvalue weighted by atomic mass is 10.1. The number of nitrogens with one attached hydrogen (secondary N) is 2. The molecule has 2 rings (SSSR count). The Morgan fingerprint density at radius 3 is 2.43 bits per heavy atom. The first kappa shape index (κ1) is 15.7. The summed E-state index contributed by atoms with van der Waals surface area (Å²) >= 11 is 12.1. The van der Waals surface area contributed by atoms with E-state index >= 15 is 0 Å². The third kappa shape index (κ3) is 3.71. The molecule has 2 aromatic rings. The summed E-state index contributed by atoms with van der Waals surface area (Å²) in [6.45, 7) is 0.0762. The number of amides is 1. The molecule has 3 N–H and O–H groups in total. The quantitative estimate of drug-likeness (QED) is 0.747. The van der Waals surface area contributed by atoms with Crippen LogP contribution >= 0.6 is 23.2 Å². The number of hydroxylamine groups is 1. The van der Waals surface area contributed by atoms with Gasteiger partial charge >= 0.3 is 0 Å². The third-order valence-electron chi connectivity index (χ3n) is 2.77. The molecule has 2 aromatic carbocycles. The maximum absolute atomic E-state index is 12.8. The van der Waals surface area contributed by atoms with Gasteiger partial charge in [-0.05, 0) is 35.9 Å². The van der Waals surface area contributed by atoms with Gasteiger partial charge in [-0.25, -0.2) is 9.87 Å². The van der Waals surface area contributed by atoms with Gasteiger partial charge in [0.1, 0.15) is 5.82 Å². The predicted molar refractivity (Wildman–Crippen MR) is 79.4 cm³/mol. The Balaban J connectivity index is 2.30. The predicted octanol–water partition coefficient (Wildman–Crippen LogP) is 3.86. The zero-order chi connectivity index (χ0) is 15.4. The molecule has 21 heavy (non-hydrogen) atoms. The minimum Gasteiger partial charge on any atom is -0.322 e. The monoisotopic (exact) mass is 328 g/mol. The molecule has 0 saturated carbocycles. The zero-order valence-corrected chi connectivity index (χ0v) is 12.2. The summed E-state index contributed by atoms with van der Waals surface area (Å²) in [4.78, 5) is 12.2. The number of halogens is 3. The van der Waals surface area contributed by atoms with Gasteiger partial charge in [0.2, 0.25) is 0 Å². The highest BCUT2D eigenvalue weighted by Gasteiger charge is 2.18. The molecule has 1 amide bonds. The molecule has 4 nitrogen and oxygen atoms in total. The van der Waals surface area contributed by atoms with Crippen molar-refractivity contribution in [2.45, 2.75) is 6.54 Å². The smallest absolute Gasteiger partial charge is 0.258 e. The van der Waals surface area contributed by atoms with E-state index in [1.54, 1.807) is 6.07 Å². The van der Waals surface area contributed by atoms with Crippen LogP contribution in [0, 0.1) is 5.82 Å². The van der Waals surface area contributed by atoms with Crippen molar-refractivity contribution in [2.24, 2.45) is 0 Å². The van der Waals surface area contributed by atoms with Gasteiger partial charge in [-0.2, -0.15) is 0 Å². The number of carbonyl (C=O) groups excluding carboxylic acids is 1. The van der Waals surface area contributed by atoms with E-state index < -0.39 is 11.7 Å². The van der Waals surface area contributed by atoms with Crippen molar-refractivity contribution in [1.29, 1.82) is 0 Å². The normalized spacial score (nSPS) is 10.5. The van der Waals surface area contributed by atoms with Crippen molar-refractivity contribution in [3.63, 3.8) is 0 Å². The minimum atomic E-state index is -0.517. The first-order valence-electron chi connectivity index (χ1n) is 5.93. The average Bonchev–Trinajstić information content (AvgIpc) is 2.45. The lowest BCUT2D eigenvalue weighted by molar-refractivity contribution is 0.102. The molecule has 0 unspecified atom stereocenters. The number of carbonyl (C=O) groups is 1. The van der Waals surface area contributed by atoms with E-state index in [1.807, 2.05) is 5.48 Å². The van der Waals surface area contributed by atoms with Gasteiger partial charge in [-0.15, -0.1) is 0 Å². The van der Waals surface area contributed by atoms with E-state index in [0.29, 0.717) is 11.3 Å². The molecule has 110 valence electrons. The third-order valence-corrected chi connectivity index (χ3v) is 3.52. The molecular weight excluding hydrogens is 318 g/mol. The van der Waals surface area contributed by atoms with Crippen LogP contribution in [0.4, 0.5) is 10.1 Å². The van der Waals surface area contributed by atoms with E-state index in [-0.39, 0.29) is 22.2 Å². The largest absolute Gasteiger partial charge is 0.322 e. The maximum Gasteiger partial charge on any atom is 0.258 e. The maximum atomic E-state index is 12.8. The fourth-order valence-electron chi connectivity index (χ4n) is 1.75. The van der Waals surface area contributed by atoms with Crippen LogP contribution in [0.5, 0.6) is 0 Å². The number of anilines is 1. The van der Waals surface area contributed by atoms with Crippen LogP contribution in [-0.2, 0) is 6.54 Å². The van der Waals surface area contributed by atoms with Gasteiger partial charge in [-0.3, -0.25) is 4.79 Å². The molecule has 0 bridgehead atoms. The van der Waals surface area contributed by atoms with Gasteiger partial charge in [0.15, 0.2) is 0 Å². The lowest BCUT2D eigenvalue weighted by Crippen LogP contribution is -2.15. The highest BCUT2D eigenvalue weighted by molar-refractivity contribution is 6.40. The van der Waals surface area contributed by atoms with Gasteiger partial charge in [0.25, 0.3) is 5.91 Å². The highest BCUT2D eigenvalue weighted by atomic mass is 35.5. The molecule has 0 aliphatic heterocycles. The van der Waals surface area contributed by atoms with E-state index in [9.17, 15) is 9.18 Å². The Hall–Kier alpha value is -1.66. The number of hydrogen-bond acceptors (Lipinski definition) is 3. The molecule has 0 atom stereocenters. The second-order valence-electron chi connectivity index (χ2n) is 4.19. The zero-order valence-electron chi connectivity index (χ0n) is 10.7. The Labute approximate surface area is 130 Å². The summed E-state index contributed by atoms with van der Waals surface area (Å²) < 4.78 is 12.8. The van der Waals surface area contributed by atoms with E-state index in [4.69, 9.17) is 28.4 Å². The summed E-state index contributed by atoms with van der Waals surface area (Å²) in [6.07, 6.45) is 0. The molecule has 0 spiro atoms. The van der Waals surface area contributed by atoms with E-state index in [2.05, 4.69) is 5.32 Å². The van der Waals surface area contributed by atoms with Crippen molar-refractivity contribution >= 4 is 34.8 Å². The molecule has 0 aliphatic carbocycles. The molecule has 0 radical (unpaired) electrons. The van der Waals surface area contributed by atoms with Gasteiger partial charge in [-0.1, -0.05) is 29.3 Å². The first-order valence-corrected chi connectivity index (χ1v) is 6.69. The second kappa shape index (κ2) is 6.87. The summed E-state index contributed by atoms with van der Waals surface area (Å²) in [5.41, 5.74) is 3.00. The van der Waals surface area contributed by atoms with Crippen molar-refractivity contribution in [3.8, 4) is 0 Å². The first-order chi connectivity index (χ1) is 10.0. The van der Waals surface area contributed by atoms with Crippen molar-refractivity contribution in [1.82, 2.24) is 5.48 Å². The van der Waals surface area contributed by atoms with Crippen LogP contribution in [-0.4, -0.2) is 11.1 Å². The van der Waals surface area contributed by atoms with Gasteiger partial charge in [0.05, 0.1) is 15.6 Å². The minimum absolute atomic E-state index is 0.0762. The Morgan fingerprint density at radius 1 is 1.14 bits per heavy atom. The molecule has 0 fully saturated rings. The molecule has 0 saturated heterocycles. The molecule has 0 aromatic heterocycles. The molecule has 7 heteroatoms. The van der Waals surface area contributed by atoms with Crippen molar-refractivity contribution in [2.75, 3.05) is 5.32 Å². The highest BCUT2D eigenvalue weighted by Crippen LogP contribution is 2.29. The Morgan fingerprint density at radius 2 is 1.81 bits per heavy atom. The van der Waals surface area contributed by atoms with Crippen molar-refractivity contribution < 1.29 is 14.4 Å². The average molecular weight is 329 g/mol. The number of rotatable bonds is 4. The van der Waals surface area contributed by atoms with Crippen LogP contribution in [0.1, 0.15) is 15.9 Å². The summed E-state index contributed by atoms with van der Waals surface area (Å²) in [7, 11) is 0. The summed E-state index contributed by atoms with van der Waals surface area (Å²) in [5.74, 6) is -0.920. The Bertz CT molecular complexity index is 663. The summed E-state index contributed by atoms with van der Waals surface area (Å²) in [6, 6.07) is 8.42. The number of hydrogen-bond donors (Lipinski definition) is 3. The van der Waals surface area contributed by atoms with Gasteiger partial charge in [0, 0.05) is 12.2 Å². The van der Waals surface area contributed by atoms with Crippen LogP contribution in [0.2, 0.25) is 10.0 Å². The Kier molecular flexibility index (Phi) is 5.14. The van der Waals surface area contributed by atoms with Crippen LogP contribution in [0.25, 0.3) is 0 Å². The topological polar surface area (TPSA) is 61.4 Å². The van der Waals surface area contributed by atoms with Gasteiger partial charge < -0.3 is 10.5 Å². The lowest BCUT2D eigenvalue weighted by Gasteiger charge is -2.11. The van der Waals surface area contributed by atoms with E-state index in [1.165, 1.54) is 30.3 Å². The van der Waals surface area contributed by atoms with E-state index in [0.717, 1.165) is 0 Å². The van der Waals surface area contributed by atoms with Crippen LogP contribution < -0.4 is 10.8 Å². The van der Waals surface area contributed by atoms with Crippen LogP contribution in [0.3, 0.4) is 0 Å². The SMILES string of the molecule is O=C(Nc1ccc(F)cc1)c1c(Cl)ccc(CNO)c1Cl. The molecule has 0 heterocycles.